The van der Waals surface area contributed by atoms with Gasteiger partial charge >= 0.3 is 0 Å². The summed E-state index contributed by atoms with van der Waals surface area (Å²) in [6.07, 6.45) is 15.4. The Bertz CT molecular complexity index is 140. The Morgan fingerprint density at radius 3 is 2.13 bits per heavy atom. The fourth-order valence-corrected chi connectivity index (χ4v) is 1.81. The van der Waals surface area contributed by atoms with Crippen LogP contribution in [0.1, 0.15) is 65.2 Å². The average molecular weight is 212 g/mol. The highest BCUT2D eigenvalue weighted by atomic mass is 16.5. The molecule has 0 bridgehead atoms. The van der Waals surface area contributed by atoms with Gasteiger partial charge in [-0.2, -0.15) is 0 Å². The minimum atomic E-state index is 0.339. The molecule has 0 fully saturated rings. The molecule has 0 aliphatic heterocycles. The lowest BCUT2D eigenvalue weighted by molar-refractivity contribution is 0.131. The van der Waals surface area contributed by atoms with Crippen molar-refractivity contribution in [2.24, 2.45) is 0 Å². The number of hydrogen-bond donors (Lipinski definition) is 0. The summed E-state index contributed by atoms with van der Waals surface area (Å²) in [4.78, 5) is 0. The standard InChI is InChI=1S/C14H28O/c1-4-6-7-8-9-10-11-13-14(15-3)12-5-2/h5,12,14H,4,6-11,13H2,1-3H3. The number of ether oxygens (including phenoxy) is 1. The van der Waals surface area contributed by atoms with Crippen molar-refractivity contribution in [2.45, 2.75) is 71.3 Å². The maximum Gasteiger partial charge on any atom is 0.0751 e. The zero-order chi connectivity index (χ0) is 11.4. The molecule has 1 heteroatoms. The van der Waals surface area contributed by atoms with E-state index in [2.05, 4.69) is 26.0 Å². The number of unbranched alkanes of at least 4 members (excludes halogenated alkanes) is 6. The van der Waals surface area contributed by atoms with Gasteiger partial charge < -0.3 is 4.74 Å². The van der Waals surface area contributed by atoms with Crippen LogP contribution >= 0.6 is 0 Å². The molecule has 0 aliphatic carbocycles. The van der Waals surface area contributed by atoms with Gasteiger partial charge in [-0.25, -0.2) is 0 Å². The largest absolute Gasteiger partial charge is 0.377 e. The van der Waals surface area contributed by atoms with Crippen molar-refractivity contribution in [3.63, 3.8) is 0 Å². The van der Waals surface area contributed by atoms with Crippen LogP contribution in [0.2, 0.25) is 0 Å². The fourth-order valence-electron chi connectivity index (χ4n) is 1.81. The van der Waals surface area contributed by atoms with Gasteiger partial charge in [-0.1, -0.05) is 64.0 Å². The van der Waals surface area contributed by atoms with Gasteiger partial charge in [0.25, 0.3) is 0 Å². The van der Waals surface area contributed by atoms with E-state index in [-0.39, 0.29) is 0 Å². The maximum atomic E-state index is 5.35. The number of methoxy groups -OCH3 is 1. The van der Waals surface area contributed by atoms with Crippen LogP contribution in [0, 0.1) is 0 Å². The summed E-state index contributed by atoms with van der Waals surface area (Å²) in [5, 5.41) is 0. The zero-order valence-corrected chi connectivity index (χ0v) is 10.8. The third-order valence-electron chi connectivity index (χ3n) is 2.80. The van der Waals surface area contributed by atoms with Gasteiger partial charge in [-0.3, -0.25) is 0 Å². The van der Waals surface area contributed by atoms with Crippen LogP contribution in [0.4, 0.5) is 0 Å². The van der Waals surface area contributed by atoms with Crippen LogP contribution < -0.4 is 0 Å². The van der Waals surface area contributed by atoms with Crippen molar-refractivity contribution in [3.05, 3.63) is 12.2 Å². The molecule has 0 aromatic rings. The lowest BCUT2D eigenvalue weighted by Crippen LogP contribution is -2.06. The molecule has 0 radical (unpaired) electrons. The van der Waals surface area contributed by atoms with Crippen molar-refractivity contribution in [3.8, 4) is 0 Å². The summed E-state index contributed by atoms with van der Waals surface area (Å²) in [5.74, 6) is 0. The second-order valence-corrected chi connectivity index (χ2v) is 4.21. The van der Waals surface area contributed by atoms with Gasteiger partial charge in [-0.05, 0) is 13.3 Å². The molecule has 1 unspecified atom stereocenters. The highest BCUT2D eigenvalue weighted by Crippen LogP contribution is 2.11. The summed E-state index contributed by atoms with van der Waals surface area (Å²) >= 11 is 0. The minimum Gasteiger partial charge on any atom is -0.377 e. The second-order valence-electron chi connectivity index (χ2n) is 4.21. The number of allylic oxidation sites excluding steroid dienone is 1. The van der Waals surface area contributed by atoms with Crippen LogP contribution in [-0.4, -0.2) is 13.2 Å². The van der Waals surface area contributed by atoms with Gasteiger partial charge in [0.1, 0.15) is 0 Å². The molecule has 1 nitrogen and oxygen atoms in total. The van der Waals surface area contributed by atoms with Gasteiger partial charge in [0, 0.05) is 7.11 Å². The van der Waals surface area contributed by atoms with E-state index in [0.29, 0.717) is 6.10 Å². The van der Waals surface area contributed by atoms with E-state index in [9.17, 15) is 0 Å². The third-order valence-corrected chi connectivity index (χ3v) is 2.80. The second kappa shape index (κ2) is 11.8. The summed E-state index contributed by atoms with van der Waals surface area (Å²) in [6.45, 7) is 4.32. The molecular weight excluding hydrogens is 184 g/mol. The Kier molecular flexibility index (Phi) is 11.5. The van der Waals surface area contributed by atoms with Crippen LogP contribution in [0.25, 0.3) is 0 Å². The lowest BCUT2D eigenvalue weighted by Gasteiger charge is -2.10. The predicted molar refractivity (Wildman–Crippen MR) is 68.2 cm³/mol. The van der Waals surface area contributed by atoms with Gasteiger partial charge in [0.2, 0.25) is 0 Å². The van der Waals surface area contributed by atoms with E-state index in [1.165, 1.54) is 51.4 Å². The van der Waals surface area contributed by atoms with Crippen molar-refractivity contribution in [1.82, 2.24) is 0 Å². The Balaban J connectivity index is 3.21. The van der Waals surface area contributed by atoms with Gasteiger partial charge in [-0.15, -0.1) is 0 Å². The highest BCUT2D eigenvalue weighted by Gasteiger charge is 2.01. The molecule has 0 heterocycles. The molecule has 0 spiro atoms. The van der Waals surface area contributed by atoms with Crippen molar-refractivity contribution in [1.29, 1.82) is 0 Å². The molecule has 0 saturated heterocycles. The normalized spacial score (nSPS) is 13.5. The Morgan fingerprint density at radius 1 is 1.00 bits per heavy atom. The minimum absolute atomic E-state index is 0.339. The van der Waals surface area contributed by atoms with Crippen LogP contribution in [-0.2, 0) is 4.74 Å². The monoisotopic (exact) mass is 212 g/mol. The number of hydrogen-bond acceptors (Lipinski definition) is 1. The first-order valence-electron chi connectivity index (χ1n) is 6.50. The smallest absolute Gasteiger partial charge is 0.0751 e. The number of rotatable bonds is 10. The molecule has 1 atom stereocenters. The first-order chi connectivity index (χ1) is 7.35. The van der Waals surface area contributed by atoms with E-state index in [1.807, 2.05) is 0 Å². The first-order valence-corrected chi connectivity index (χ1v) is 6.50. The van der Waals surface area contributed by atoms with Crippen molar-refractivity contribution < 1.29 is 4.74 Å². The van der Waals surface area contributed by atoms with Crippen LogP contribution in [0.3, 0.4) is 0 Å². The highest BCUT2D eigenvalue weighted by molar-refractivity contribution is 4.86. The molecule has 0 amide bonds. The van der Waals surface area contributed by atoms with Gasteiger partial charge in [0.05, 0.1) is 6.10 Å². The van der Waals surface area contributed by atoms with Crippen LogP contribution in [0.15, 0.2) is 12.2 Å². The third kappa shape index (κ3) is 9.99. The van der Waals surface area contributed by atoms with E-state index in [1.54, 1.807) is 7.11 Å². The van der Waals surface area contributed by atoms with Crippen molar-refractivity contribution in [2.75, 3.05) is 7.11 Å². The molecular formula is C14H28O. The topological polar surface area (TPSA) is 9.23 Å². The van der Waals surface area contributed by atoms with E-state index >= 15 is 0 Å². The Hall–Kier alpha value is -0.300. The Labute approximate surface area is 95.9 Å². The molecule has 90 valence electrons. The van der Waals surface area contributed by atoms with Crippen molar-refractivity contribution >= 4 is 0 Å². The molecule has 0 N–H and O–H groups in total. The van der Waals surface area contributed by atoms with E-state index in [4.69, 9.17) is 4.74 Å². The summed E-state index contributed by atoms with van der Waals surface area (Å²) < 4.78 is 5.35. The molecule has 0 saturated carbocycles. The molecule has 0 aliphatic rings. The summed E-state index contributed by atoms with van der Waals surface area (Å²) in [6, 6.07) is 0. The SMILES string of the molecule is CC=CC(CCCCCCCCC)OC. The average Bonchev–Trinajstić information content (AvgIpc) is 2.26. The molecule has 15 heavy (non-hydrogen) atoms. The van der Waals surface area contributed by atoms with E-state index in [0.717, 1.165) is 0 Å². The fraction of sp³-hybridized carbons (Fsp3) is 0.857. The predicted octanol–water partition coefficient (Wildman–Crippen LogP) is 4.72. The quantitative estimate of drug-likeness (QED) is 0.376. The zero-order valence-electron chi connectivity index (χ0n) is 10.8. The van der Waals surface area contributed by atoms with Crippen LogP contribution in [0.5, 0.6) is 0 Å². The first kappa shape index (κ1) is 14.7. The van der Waals surface area contributed by atoms with Gasteiger partial charge in [0.15, 0.2) is 0 Å². The molecule has 0 rings (SSSR count). The maximum absolute atomic E-state index is 5.35. The molecule has 0 aromatic heterocycles. The van der Waals surface area contributed by atoms with E-state index < -0.39 is 0 Å². The lowest BCUT2D eigenvalue weighted by atomic mass is 10.1. The summed E-state index contributed by atoms with van der Waals surface area (Å²) in [5.41, 5.74) is 0. The summed E-state index contributed by atoms with van der Waals surface area (Å²) in [7, 11) is 1.80. The Morgan fingerprint density at radius 2 is 1.60 bits per heavy atom. The molecule has 0 aromatic carbocycles.